The SMILES string of the molecule is CC(C)(C)OC(=O)Nc1cscc1NC(=O)c1ccc(C(CCN2CCOCC2)NC(=O)Nc2ccsc2)cn1. The number of urea groups is 1. The Balaban J connectivity index is 1.40. The van der Waals surface area contributed by atoms with Crippen LogP contribution in [0.25, 0.3) is 0 Å². The third-order valence-electron chi connectivity index (χ3n) is 5.89. The monoisotopic (exact) mass is 586 g/mol. The number of aromatic nitrogens is 1. The van der Waals surface area contributed by atoms with Gasteiger partial charge in [-0.3, -0.25) is 20.0 Å². The molecule has 0 aliphatic carbocycles. The van der Waals surface area contributed by atoms with Crippen molar-refractivity contribution in [1.82, 2.24) is 15.2 Å². The number of amides is 4. The number of anilines is 3. The van der Waals surface area contributed by atoms with Gasteiger partial charge in [0.05, 0.1) is 36.3 Å². The molecule has 1 unspecified atom stereocenters. The molecule has 4 amide bonds. The summed E-state index contributed by atoms with van der Waals surface area (Å²) in [6.45, 7) is 9.19. The van der Waals surface area contributed by atoms with Crippen LogP contribution in [0.5, 0.6) is 0 Å². The Morgan fingerprint density at radius 2 is 1.77 bits per heavy atom. The van der Waals surface area contributed by atoms with Gasteiger partial charge in [0, 0.05) is 42.0 Å². The maximum atomic E-state index is 12.9. The smallest absolute Gasteiger partial charge is 0.412 e. The molecule has 13 heteroatoms. The van der Waals surface area contributed by atoms with Crippen LogP contribution in [0.15, 0.2) is 45.9 Å². The summed E-state index contributed by atoms with van der Waals surface area (Å²) in [5.74, 6) is -0.426. The largest absolute Gasteiger partial charge is 0.444 e. The lowest BCUT2D eigenvalue weighted by atomic mass is 10.0. The average Bonchev–Trinajstić information content (AvgIpc) is 3.58. The van der Waals surface area contributed by atoms with Crippen LogP contribution in [0.1, 0.15) is 49.3 Å². The molecule has 1 aliphatic heterocycles. The van der Waals surface area contributed by atoms with Gasteiger partial charge in [0.2, 0.25) is 0 Å². The number of ether oxygens (including phenoxy) is 2. The van der Waals surface area contributed by atoms with E-state index in [4.69, 9.17) is 9.47 Å². The van der Waals surface area contributed by atoms with Gasteiger partial charge in [-0.2, -0.15) is 11.3 Å². The second-order valence-electron chi connectivity index (χ2n) is 10.2. The lowest BCUT2D eigenvalue weighted by molar-refractivity contribution is 0.0363. The van der Waals surface area contributed by atoms with Crippen LogP contribution in [-0.4, -0.2) is 66.4 Å². The van der Waals surface area contributed by atoms with E-state index in [-0.39, 0.29) is 17.8 Å². The van der Waals surface area contributed by atoms with E-state index in [2.05, 4.69) is 31.2 Å². The molecule has 40 heavy (non-hydrogen) atoms. The summed E-state index contributed by atoms with van der Waals surface area (Å²) in [5, 5.41) is 18.5. The zero-order chi connectivity index (χ0) is 28.5. The third kappa shape index (κ3) is 9.01. The number of carbonyl (C=O) groups excluding carboxylic acids is 3. The molecule has 1 saturated heterocycles. The van der Waals surface area contributed by atoms with Crippen molar-refractivity contribution in [2.45, 2.75) is 38.8 Å². The highest BCUT2D eigenvalue weighted by Gasteiger charge is 2.21. The molecule has 0 aromatic carbocycles. The fraction of sp³-hybridized carbons (Fsp3) is 0.407. The number of hydrogen-bond acceptors (Lipinski definition) is 9. The van der Waals surface area contributed by atoms with E-state index in [1.807, 2.05) is 16.8 Å². The number of nitrogens with zero attached hydrogens (tertiary/aromatic N) is 2. The summed E-state index contributed by atoms with van der Waals surface area (Å²) < 4.78 is 10.7. The molecule has 4 heterocycles. The van der Waals surface area contributed by atoms with Crippen LogP contribution in [0.2, 0.25) is 0 Å². The topological polar surface area (TPSA) is 134 Å². The zero-order valence-corrected chi connectivity index (χ0v) is 24.3. The Morgan fingerprint density at radius 1 is 1.02 bits per heavy atom. The lowest BCUT2D eigenvalue weighted by Gasteiger charge is -2.28. The average molecular weight is 587 g/mol. The Bertz CT molecular complexity index is 1270. The highest BCUT2D eigenvalue weighted by Crippen LogP contribution is 2.28. The van der Waals surface area contributed by atoms with Gasteiger partial charge in [-0.15, -0.1) is 11.3 Å². The summed E-state index contributed by atoms with van der Waals surface area (Å²) in [6, 6.07) is 4.63. The van der Waals surface area contributed by atoms with Crippen molar-refractivity contribution in [1.29, 1.82) is 0 Å². The summed E-state index contributed by atoms with van der Waals surface area (Å²) in [7, 11) is 0. The summed E-state index contributed by atoms with van der Waals surface area (Å²) >= 11 is 2.83. The molecular weight excluding hydrogens is 552 g/mol. The third-order valence-corrected chi connectivity index (χ3v) is 7.32. The van der Waals surface area contributed by atoms with E-state index < -0.39 is 17.6 Å². The first-order valence-electron chi connectivity index (χ1n) is 12.9. The van der Waals surface area contributed by atoms with E-state index in [1.165, 1.54) is 22.7 Å². The minimum atomic E-state index is -0.644. The summed E-state index contributed by atoms with van der Waals surface area (Å²) in [6.07, 6.45) is 1.67. The molecule has 0 saturated carbocycles. The van der Waals surface area contributed by atoms with Crippen molar-refractivity contribution in [2.24, 2.45) is 0 Å². The van der Waals surface area contributed by atoms with Gasteiger partial charge in [0.1, 0.15) is 11.3 Å². The Morgan fingerprint density at radius 3 is 2.42 bits per heavy atom. The van der Waals surface area contributed by atoms with Gasteiger partial charge < -0.3 is 25.4 Å². The normalized spacial score (nSPS) is 14.7. The Kier molecular flexibility index (Phi) is 10.1. The van der Waals surface area contributed by atoms with Gasteiger partial charge >= 0.3 is 12.1 Å². The van der Waals surface area contributed by atoms with Crippen LogP contribution in [0, 0.1) is 0 Å². The van der Waals surface area contributed by atoms with Gasteiger partial charge in [0.15, 0.2) is 0 Å². The van der Waals surface area contributed by atoms with Crippen molar-refractivity contribution in [2.75, 3.05) is 48.8 Å². The number of nitrogens with one attached hydrogen (secondary N) is 4. The summed E-state index contributed by atoms with van der Waals surface area (Å²) in [4.78, 5) is 44.5. The van der Waals surface area contributed by atoms with Crippen molar-refractivity contribution in [3.8, 4) is 0 Å². The van der Waals surface area contributed by atoms with Gasteiger partial charge in [-0.1, -0.05) is 6.07 Å². The number of rotatable bonds is 9. The molecule has 11 nitrogen and oxygen atoms in total. The molecule has 3 aromatic rings. The number of carbonyl (C=O) groups is 3. The van der Waals surface area contributed by atoms with Crippen molar-refractivity contribution in [3.63, 3.8) is 0 Å². The summed E-state index contributed by atoms with van der Waals surface area (Å²) in [5.41, 5.74) is 1.96. The van der Waals surface area contributed by atoms with Crippen LogP contribution in [-0.2, 0) is 9.47 Å². The molecular formula is C27H34N6O5S2. The number of hydrogen-bond donors (Lipinski definition) is 4. The van der Waals surface area contributed by atoms with Gasteiger partial charge in [-0.25, -0.2) is 9.59 Å². The van der Waals surface area contributed by atoms with E-state index >= 15 is 0 Å². The first-order valence-corrected chi connectivity index (χ1v) is 14.8. The minimum absolute atomic E-state index is 0.202. The molecule has 4 N–H and O–H groups in total. The highest BCUT2D eigenvalue weighted by atomic mass is 32.1. The van der Waals surface area contributed by atoms with Crippen molar-refractivity contribution in [3.05, 3.63) is 57.2 Å². The Hall–Kier alpha value is -3.52. The van der Waals surface area contributed by atoms with Crippen LogP contribution < -0.4 is 21.3 Å². The molecule has 4 rings (SSSR count). The second kappa shape index (κ2) is 13.7. The first-order chi connectivity index (χ1) is 19.2. The number of morpholine rings is 1. The predicted octanol–water partition coefficient (Wildman–Crippen LogP) is 5.39. The first kappa shape index (κ1) is 29.5. The Labute approximate surface area is 241 Å². The fourth-order valence-electron chi connectivity index (χ4n) is 3.96. The molecule has 1 fully saturated rings. The van der Waals surface area contributed by atoms with E-state index in [9.17, 15) is 14.4 Å². The minimum Gasteiger partial charge on any atom is -0.444 e. The molecule has 1 aliphatic rings. The molecule has 0 bridgehead atoms. The number of pyridine rings is 1. The van der Waals surface area contributed by atoms with Gasteiger partial charge in [-0.05, 0) is 50.3 Å². The molecule has 214 valence electrons. The van der Waals surface area contributed by atoms with E-state index in [0.717, 1.165) is 30.9 Å². The fourth-order valence-corrected chi connectivity index (χ4v) is 5.26. The zero-order valence-electron chi connectivity index (χ0n) is 22.7. The van der Waals surface area contributed by atoms with Crippen LogP contribution in [0.4, 0.5) is 26.7 Å². The predicted molar refractivity (Wildman–Crippen MR) is 157 cm³/mol. The van der Waals surface area contributed by atoms with Crippen molar-refractivity contribution >= 4 is 57.8 Å². The van der Waals surface area contributed by atoms with Crippen LogP contribution >= 0.6 is 22.7 Å². The van der Waals surface area contributed by atoms with E-state index in [0.29, 0.717) is 31.0 Å². The number of thiophene rings is 2. The van der Waals surface area contributed by atoms with Crippen molar-refractivity contribution < 1.29 is 23.9 Å². The molecule has 0 spiro atoms. The van der Waals surface area contributed by atoms with Crippen LogP contribution in [0.3, 0.4) is 0 Å². The quantitative estimate of drug-likeness (QED) is 0.264. The second-order valence-corrected chi connectivity index (χ2v) is 11.7. The molecule has 0 radical (unpaired) electrons. The highest BCUT2D eigenvalue weighted by molar-refractivity contribution is 7.09. The maximum absolute atomic E-state index is 12.9. The molecule has 3 aromatic heterocycles. The standard InChI is InChI=1S/C27H34N6O5S2/c1-27(2,3)38-26(36)32-23-17-40-16-22(23)30-24(34)21-5-4-18(14-28-21)20(6-8-33-9-11-37-12-10-33)31-25(35)29-19-7-13-39-15-19/h4-5,7,13-17,20H,6,8-12H2,1-3H3,(H,30,34)(H,32,36)(H2,29,31,35). The molecule has 1 atom stereocenters. The van der Waals surface area contributed by atoms with Gasteiger partial charge in [0.25, 0.3) is 5.91 Å². The lowest BCUT2D eigenvalue weighted by Crippen LogP contribution is -2.39. The maximum Gasteiger partial charge on any atom is 0.412 e. The van der Waals surface area contributed by atoms with E-state index in [1.54, 1.807) is 49.9 Å².